The fraction of sp³-hybridized carbons (Fsp3) is 0.0690. The predicted molar refractivity (Wildman–Crippen MR) is 158 cm³/mol. The van der Waals surface area contributed by atoms with E-state index in [2.05, 4.69) is 43.8 Å². The van der Waals surface area contributed by atoms with Crippen molar-refractivity contribution in [3.8, 4) is 11.3 Å². The predicted octanol–water partition coefficient (Wildman–Crippen LogP) is 7.57. The number of carbonyl (C=O) groups excluding carboxylic acids is 1. The Kier molecular flexibility index (Phi) is 6.84. The van der Waals surface area contributed by atoms with Gasteiger partial charge in [-0.2, -0.15) is 9.61 Å². The lowest BCUT2D eigenvalue weighted by Gasteiger charge is -2.12. The summed E-state index contributed by atoms with van der Waals surface area (Å²) in [6.45, 7) is 1.01. The van der Waals surface area contributed by atoms with Gasteiger partial charge in [0.15, 0.2) is 5.65 Å². The Labute approximate surface area is 236 Å². The smallest absolute Gasteiger partial charge is 0.261 e. The van der Waals surface area contributed by atoms with E-state index >= 15 is 0 Å². The van der Waals surface area contributed by atoms with Crippen molar-refractivity contribution in [2.75, 3.05) is 5.32 Å². The zero-order chi connectivity index (χ0) is 26.1. The molecule has 0 aliphatic heterocycles. The molecule has 0 aliphatic rings. The van der Waals surface area contributed by atoms with E-state index in [-0.39, 0.29) is 5.91 Å². The minimum Gasteiger partial charge on any atom is -0.366 e. The third kappa shape index (κ3) is 5.03. The number of hydrogen-bond donors (Lipinski definition) is 2. The third-order valence-corrected chi connectivity index (χ3v) is 8.15. The Morgan fingerprint density at radius 2 is 1.74 bits per heavy atom. The van der Waals surface area contributed by atoms with Crippen LogP contribution in [0.15, 0.2) is 95.6 Å². The van der Waals surface area contributed by atoms with Gasteiger partial charge >= 0.3 is 0 Å². The number of carbonyl (C=O) groups is 1. The van der Waals surface area contributed by atoms with Crippen molar-refractivity contribution in [3.63, 3.8) is 0 Å². The lowest BCUT2D eigenvalue weighted by Crippen LogP contribution is -2.21. The van der Waals surface area contributed by atoms with Gasteiger partial charge in [-0.1, -0.05) is 72.3 Å². The highest BCUT2D eigenvalue weighted by molar-refractivity contribution is 9.10. The lowest BCUT2D eigenvalue weighted by molar-refractivity contribution is 0.0955. The molecule has 0 fully saturated rings. The van der Waals surface area contributed by atoms with Gasteiger partial charge in [0.2, 0.25) is 0 Å². The van der Waals surface area contributed by atoms with Crippen LogP contribution in [-0.2, 0) is 13.1 Å². The van der Waals surface area contributed by atoms with Crippen LogP contribution < -0.4 is 10.6 Å². The Hall–Kier alpha value is -3.72. The van der Waals surface area contributed by atoms with E-state index in [4.69, 9.17) is 16.6 Å². The zero-order valence-electron chi connectivity index (χ0n) is 20.0. The quantitative estimate of drug-likeness (QED) is 0.198. The van der Waals surface area contributed by atoms with E-state index in [9.17, 15) is 4.79 Å². The van der Waals surface area contributed by atoms with Crippen molar-refractivity contribution in [1.29, 1.82) is 0 Å². The van der Waals surface area contributed by atoms with Crippen LogP contribution in [0.2, 0.25) is 5.02 Å². The van der Waals surface area contributed by atoms with Crippen molar-refractivity contribution in [1.82, 2.24) is 19.9 Å². The Morgan fingerprint density at radius 3 is 2.58 bits per heavy atom. The molecule has 9 heteroatoms. The van der Waals surface area contributed by atoms with Gasteiger partial charge < -0.3 is 10.6 Å². The molecule has 1 amide bonds. The van der Waals surface area contributed by atoms with Gasteiger partial charge in [-0.25, -0.2) is 4.98 Å². The average molecular weight is 603 g/mol. The summed E-state index contributed by atoms with van der Waals surface area (Å²) in [5, 5.41) is 12.7. The molecule has 6 aromatic rings. The molecule has 3 aromatic heterocycles. The van der Waals surface area contributed by atoms with Gasteiger partial charge in [-0.3, -0.25) is 4.79 Å². The maximum atomic E-state index is 12.7. The van der Waals surface area contributed by atoms with Crippen LogP contribution in [0.1, 0.15) is 20.8 Å². The maximum absolute atomic E-state index is 12.7. The molecule has 3 heterocycles. The Morgan fingerprint density at radius 1 is 0.947 bits per heavy atom. The van der Waals surface area contributed by atoms with Crippen LogP contribution in [0.25, 0.3) is 27.0 Å². The second kappa shape index (κ2) is 10.6. The van der Waals surface area contributed by atoms with Crippen LogP contribution in [0.3, 0.4) is 0 Å². The van der Waals surface area contributed by atoms with Crippen molar-refractivity contribution < 1.29 is 4.79 Å². The standard InChI is InChI=1S/C29H21BrClN5OS/c30-22-17-34-36-27(14-24(35-28(22)36)21-9-2-3-10-23(21)31)32-15-18-6-5-7-19(12-18)16-33-29(37)26-13-20-8-1-4-11-25(20)38-26/h1-14,17,32H,15-16H2,(H,33,37). The first-order valence-electron chi connectivity index (χ1n) is 11.9. The van der Waals surface area contributed by atoms with E-state index in [1.54, 1.807) is 10.7 Å². The van der Waals surface area contributed by atoms with Gasteiger partial charge in [-0.05, 0) is 50.6 Å². The zero-order valence-corrected chi connectivity index (χ0v) is 23.1. The number of fused-ring (bicyclic) bond motifs is 2. The van der Waals surface area contributed by atoms with E-state index in [1.165, 1.54) is 11.3 Å². The molecule has 0 bridgehead atoms. The summed E-state index contributed by atoms with van der Waals surface area (Å²) in [7, 11) is 0. The topological polar surface area (TPSA) is 71.3 Å². The van der Waals surface area contributed by atoms with E-state index in [0.717, 1.165) is 42.8 Å². The second-order valence-electron chi connectivity index (χ2n) is 8.74. The summed E-state index contributed by atoms with van der Waals surface area (Å²) in [6, 6.07) is 27.7. The lowest BCUT2D eigenvalue weighted by atomic mass is 10.1. The maximum Gasteiger partial charge on any atom is 0.261 e. The number of amides is 1. The molecule has 0 spiro atoms. The minimum atomic E-state index is -0.0646. The normalized spacial score (nSPS) is 11.2. The number of thiophene rings is 1. The monoisotopic (exact) mass is 601 g/mol. The highest BCUT2D eigenvalue weighted by Crippen LogP contribution is 2.30. The number of benzene rings is 3. The molecule has 0 saturated carbocycles. The molecule has 188 valence electrons. The SMILES string of the molecule is O=C(NCc1cccc(CNc2cc(-c3ccccc3Cl)nc3c(Br)cnn23)c1)c1cc2ccccc2s1. The van der Waals surface area contributed by atoms with Gasteiger partial charge in [0.05, 0.1) is 21.2 Å². The first kappa shape index (κ1) is 24.6. The summed E-state index contributed by atoms with van der Waals surface area (Å²) in [5.74, 6) is 0.726. The molecule has 3 aromatic carbocycles. The van der Waals surface area contributed by atoms with Crippen molar-refractivity contribution in [2.45, 2.75) is 13.1 Å². The number of halogens is 2. The molecule has 0 unspecified atom stereocenters. The number of hydrogen-bond acceptors (Lipinski definition) is 5. The Bertz CT molecular complexity index is 1760. The van der Waals surface area contributed by atoms with Crippen LogP contribution in [-0.4, -0.2) is 20.5 Å². The first-order chi connectivity index (χ1) is 18.5. The average Bonchev–Trinajstić information content (AvgIpc) is 3.55. The molecule has 0 saturated heterocycles. The number of nitrogens with one attached hydrogen (secondary N) is 2. The molecule has 0 atom stereocenters. The molecular formula is C29H21BrClN5OS. The summed E-state index contributed by atoms with van der Waals surface area (Å²) >= 11 is 11.5. The first-order valence-corrected chi connectivity index (χ1v) is 13.9. The molecule has 2 N–H and O–H groups in total. The molecular weight excluding hydrogens is 582 g/mol. The number of rotatable bonds is 7. The number of anilines is 1. The molecule has 0 aliphatic carbocycles. The van der Waals surface area contributed by atoms with Crippen molar-refractivity contribution in [2.24, 2.45) is 0 Å². The van der Waals surface area contributed by atoms with Gasteiger partial charge in [0.25, 0.3) is 5.91 Å². The van der Waals surface area contributed by atoms with Crippen LogP contribution in [0.4, 0.5) is 5.82 Å². The third-order valence-electron chi connectivity index (χ3n) is 6.15. The van der Waals surface area contributed by atoms with E-state index in [0.29, 0.717) is 28.6 Å². The van der Waals surface area contributed by atoms with E-state index in [1.807, 2.05) is 72.8 Å². The summed E-state index contributed by atoms with van der Waals surface area (Å²) in [4.78, 5) is 18.2. The molecule has 38 heavy (non-hydrogen) atoms. The molecule has 6 nitrogen and oxygen atoms in total. The highest BCUT2D eigenvalue weighted by atomic mass is 79.9. The molecule has 6 rings (SSSR count). The van der Waals surface area contributed by atoms with Crippen molar-refractivity contribution in [3.05, 3.63) is 117 Å². The summed E-state index contributed by atoms with van der Waals surface area (Å²) < 4.78 is 3.67. The minimum absolute atomic E-state index is 0.0646. The Balaban J connectivity index is 1.18. The molecule has 0 radical (unpaired) electrons. The van der Waals surface area contributed by atoms with Crippen LogP contribution in [0.5, 0.6) is 0 Å². The summed E-state index contributed by atoms with van der Waals surface area (Å²) in [6.07, 6.45) is 1.73. The van der Waals surface area contributed by atoms with Crippen molar-refractivity contribution >= 4 is 66.3 Å². The van der Waals surface area contributed by atoms with Crippen LogP contribution >= 0.6 is 38.9 Å². The van der Waals surface area contributed by atoms with Gasteiger partial charge in [-0.15, -0.1) is 11.3 Å². The second-order valence-corrected chi connectivity index (χ2v) is 11.1. The largest absolute Gasteiger partial charge is 0.366 e. The number of nitrogens with zero attached hydrogens (tertiary/aromatic N) is 3. The number of aromatic nitrogens is 3. The van der Waals surface area contributed by atoms with Gasteiger partial charge in [0.1, 0.15) is 5.82 Å². The summed E-state index contributed by atoms with van der Waals surface area (Å²) in [5.41, 5.74) is 4.41. The fourth-order valence-electron chi connectivity index (χ4n) is 4.27. The van der Waals surface area contributed by atoms with Crippen LogP contribution in [0, 0.1) is 0 Å². The van der Waals surface area contributed by atoms with E-state index < -0.39 is 0 Å². The highest BCUT2D eigenvalue weighted by Gasteiger charge is 2.14. The van der Waals surface area contributed by atoms with Gasteiger partial charge in [0, 0.05) is 34.4 Å². The fourth-order valence-corrected chi connectivity index (χ4v) is 5.83.